The molecule has 4 rings (SSSR count). The van der Waals surface area contributed by atoms with Crippen LogP contribution in [-0.2, 0) is 16.1 Å². The fraction of sp³-hybridized carbons (Fsp3) is 0.650. The molecule has 27 heavy (non-hydrogen) atoms. The highest BCUT2D eigenvalue weighted by Crippen LogP contribution is 2.49. The molecule has 0 radical (unpaired) electrons. The Morgan fingerprint density at radius 3 is 2.78 bits per heavy atom. The van der Waals surface area contributed by atoms with E-state index in [4.69, 9.17) is 25.8 Å². The molecule has 0 aromatic heterocycles. The van der Waals surface area contributed by atoms with E-state index < -0.39 is 5.72 Å². The number of carbonyl (C=O) groups is 1. The Morgan fingerprint density at radius 2 is 2.11 bits per heavy atom. The molecule has 6 nitrogen and oxygen atoms in total. The summed E-state index contributed by atoms with van der Waals surface area (Å²) >= 11 is 6.58. The number of rotatable bonds is 5. The molecular formula is C20H27ClN2O4. The number of amides is 1. The number of hydrogen-bond acceptors (Lipinski definition) is 5. The summed E-state index contributed by atoms with van der Waals surface area (Å²) < 4.78 is 17.0. The molecule has 0 aliphatic carbocycles. The van der Waals surface area contributed by atoms with Gasteiger partial charge in [-0.15, -0.1) is 0 Å². The zero-order chi connectivity index (χ0) is 19.3. The first-order valence-corrected chi connectivity index (χ1v) is 9.90. The molecule has 0 saturated carbocycles. The highest BCUT2D eigenvalue weighted by Gasteiger charge is 2.64. The third-order valence-electron chi connectivity index (χ3n) is 6.31. The van der Waals surface area contributed by atoms with Crippen LogP contribution in [0.1, 0.15) is 32.3 Å². The fourth-order valence-electron chi connectivity index (χ4n) is 4.91. The summed E-state index contributed by atoms with van der Waals surface area (Å²) in [6, 6.07) is 4.08. The second-order valence-corrected chi connectivity index (χ2v) is 8.32. The van der Waals surface area contributed by atoms with Crippen LogP contribution >= 0.6 is 11.6 Å². The average Bonchev–Trinajstić information content (AvgIpc) is 3.26. The third kappa shape index (κ3) is 2.72. The molecule has 148 valence electrons. The Labute approximate surface area is 165 Å². The molecule has 0 bridgehead atoms. The molecule has 0 N–H and O–H groups in total. The lowest BCUT2D eigenvalue weighted by Crippen LogP contribution is -2.50. The Balaban J connectivity index is 1.59. The summed E-state index contributed by atoms with van der Waals surface area (Å²) in [4.78, 5) is 17.2. The summed E-state index contributed by atoms with van der Waals surface area (Å²) in [5.41, 5.74) is 0.505. The van der Waals surface area contributed by atoms with Crippen molar-refractivity contribution in [2.24, 2.45) is 5.92 Å². The molecule has 3 aliphatic heterocycles. The van der Waals surface area contributed by atoms with Gasteiger partial charge in [0.1, 0.15) is 0 Å². The maximum absolute atomic E-state index is 12.8. The first-order chi connectivity index (χ1) is 12.9. The molecule has 0 unspecified atom stereocenters. The monoisotopic (exact) mass is 394 g/mol. The van der Waals surface area contributed by atoms with Crippen molar-refractivity contribution in [3.8, 4) is 11.5 Å². The molecule has 1 aromatic carbocycles. The van der Waals surface area contributed by atoms with Crippen LogP contribution in [-0.4, -0.2) is 60.9 Å². The van der Waals surface area contributed by atoms with Crippen LogP contribution < -0.4 is 9.47 Å². The van der Waals surface area contributed by atoms with Gasteiger partial charge < -0.3 is 19.1 Å². The van der Waals surface area contributed by atoms with Crippen molar-refractivity contribution in [3.63, 3.8) is 0 Å². The van der Waals surface area contributed by atoms with Crippen molar-refractivity contribution < 1.29 is 19.0 Å². The molecule has 3 saturated heterocycles. The lowest BCUT2D eigenvalue weighted by Gasteiger charge is -2.34. The zero-order valence-corrected chi connectivity index (χ0v) is 17.1. The predicted molar refractivity (Wildman–Crippen MR) is 102 cm³/mol. The topological polar surface area (TPSA) is 51.2 Å². The van der Waals surface area contributed by atoms with Crippen LogP contribution in [0.2, 0.25) is 5.02 Å². The molecule has 3 heterocycles. The van der Waals surface area contributed by atoms with Gasteiger partial charge in [-0.3, -0.25) is 9.69 Å². The van der Waals surface area contributed by atoms with Gasteiger partial charge in [0, 0.05) is 25.9 Å². The third-order valence-corrected chi connectivity index (χ3v) is 6.72. The normalized spacial score (nSPS) is 30.1. The highest BCUT2D eigenvalue weighted by atomic mass is 35.5. The van der Waals surface area contributed by atoms with Crippen LogP contribution in [0, 0.1) is 5.92 Å². The number of nitrogens with zero attached hydrogens (tertiary/aromatic N) is 2. The van der Waals surface area contributed by atoms with E-state index in [0.717, 1.165) is 18.5 Å². The lowest BCUT2D eigenvalue weighted by molar-refractivity contribution is -0.139. The van der Waals surface area contributed by atoms with Gasteiger partial charge in [0.2, 0.25) is 5.91 Å². The van der Waals surface area contributed by atoms with Crippen LogP contribution in [0.5, 0.6) is 11.5 Å². The molecular weight excluding hydrogens is 368 g/mol. The summed E-state index contributed by atoms with van der Waals surface area (Å²) in [6.07, 6.45) is 1.35. The van der Waals surface area contributed by atoms with Gasteiger partial charge in [0.15, 0.2) is 17.2 Å². The van der Waals surface area contributed by atoms with E-state index in [9.17, 15) is 4.79 Å². The van der Waals surface area contributed by atoms with Crippen LogP contribution in [0.25, 0.3) is 0 Å². The first-order valence-electron chi connectivity index (χ1n) is 9.52. The molecule has 7 heteroatoms. The van der Waals surface area contributed by atoms with Gasteiger partial charge in [0.05, 0.1) is 37.9 Å². The van der Waals surface area contributed by atoms with E-state index in [0.29, 0.717) is 42.0 Å². The van der Waals surface area contributed by atoms with Gasteiger partial charge in [-0.25, -0.2) is 0 Å². The molecule has 1 spiro atoms. The van der Waals surface area contributed by atoms with Gasteiger partial charge in [0.25, 0.3) is 0 Å². The Bertz CT molecular complexity index is 756. The van der Waals surface area contributed by atoms with Crippen LogP contribution in [0.4, 0.5) is 0 Å². The summed E-state index contributed by atoms with van der Waals surface area (Å²) in [7, 11) is 3.18. The molecule has 3 fully saturated rings. The van der Waals surface area contributed by atoms with Crippen molar-refractivity contribution in [2.75, 3.05) is 27.4 Å². The summed E-state index contributed by atoms with van der Waals surface area (Å²) in [6.45, 7) is 6.48. The van der Waals surface area contributed by atoms with Crippen molar-refractivity contribution in [1.82, 2.24) is 9.80 Å². The van der Waals surface area contributed by atoms with Gasteiger partial charge in [-0.05, 0) is 17.5 Å². The molecule has 3 aliphatic rings. The second kappa shape index (κ2) is 6.83. The highest BCUT2D eigenvalue weighted by molar-refractivity contribution is 6.33. The van der Waals surface area contributed by atoms with Crippen molar-refractivity contribution in [3.05, 3.63) is 22.7 Å². The zero-order valence-electron chi connectivity index (χ0n) is 16.3. The number of likely N-dealkylation sites (tertiary alicyclic amines) is 1. The number of halogens is 1. The molecule has 3 atom stereocenters. The number of carbonyl (C=O) groups excluding carboxylic acids is 1. The van der Waals surface area contributed by atoms with Crippen molar-refractivity contribution in [1.29, 1.82) is 0 Å². The van der Waals surface area contributed by atoms with E-state index in [-0.39, 0.29) is 18.0 Å². The number of ether oxygens (including phenoxy) is 3. The van der Waals surface area contributed by atoms with E-state index in [1.54, 1.807) is 14.2 Å². The molecule has 1 amide bonds. The maximum atomic E-state index is 12.8. The quantitative estimate of drug-likeness (QED) is 0.768. The smallest absolute Gasteiger partial charge is 0.226 e. The van der Waals surface area contributed by atoms with E-state index in [1.807, 2.05) is 17.0 Å². The Hall–Kier alpha value is -1.50. The standard InChI is InChI=1S/C20H27ClN2O4/c1-12(2)14-11-27-20-7-8-22(16(20)9-17(24)23(14)20)10-13-5-6-15(25-3)19(26-4)18(13)21/h5-6,12,14,16H,7-11H2,1-4H3/t14-,16+,20-/m0/s1. The van der Waals surface area contributed by atoms with E-state index in [1.165, 1.54) is 0 Å². The van der Waals surface area contributed by atoms with Crippen molar-refractivity contribution >= 4 is 17.5 Å². The first kappa shape index (κ1) is 18.8. The number of hydrogen-bond donors (Lipinski definition) is 0. The Kier molecular flexibility index (Phi) is 4.77. The average molecular weight is 395 g/mol. The van der Waals surface area contributed by atoms with E-state index >= 15 is 0 Å². The number of methoxy groups -OCH3 is 2. The van der Waals surface area contributed by atoms with Crippen molar-refractivity contribution in [2.45, 2.75) is 51.0 Å². The minimum absolute atomic E-state index is 0.0675. The minimum atomic E-state index is -0.463. The second-order valence-electron chi connectivity index (χ2n) is 7.95. The summed E-state index contributed by atoms with van der Waals surface area (Å²) in [5.74, 6) is 1.76. The molecule has 1 aromatic rings. The summed E-state index contributed by atoms with van der Waals surface area (Å²) in [5, 5.41) is 0.561. The maximum Gasteiger partial charge on any atom is 0.226 e. The fourth-order valence-corrected chi connectivity index (χ4v) is 5.21. The largest absolute Gasteiger partial charge is 0.493 e. The van der Waals surface area contributed by atoms with Gasteiger partial charge in [-0.1, -0.05) is 31.5 Å². The lowest BCUT2D eigenvalue weighted by atomic mass is 10.0. The van der Waals surface area contributed by atoms with Gasteiger partial charge in [-0.2, -0.15) is 0 Å². The Morgan fingerprint density at radius 1 is 1.33 bits per heavy atom. The van der Waals surface area contributed by atoms with Crippen LogP contribution in [0.15, 0.2) is 12.1 Å². The number of benzene rings is 1. The van der Waals surface area contributed by atoms with Crippen LogP contribution in [0.3, 0.4) is 0 Å². The minimum Gasteiger partial charge on any atom is -0.493 e. The SMILES string of the molecule is COc1ccc(CN2CC[C@@]34OC[C@@H](C(C)C)N3C(=O)C[C@@H]24)c(Cl)c1OC. The van der Waals surface area contributed by atoms with Gasteiger partial charge >= 0.3 is 0 Å². The predicted octanol–water partition coefficient (Wildman–Crippen LogP) is 2.91. The van der Waals surface area contributed by atoms with E-state index in [2.05, 4.69) is 18.7 Å².